The Kier molecular flexibility index (Phi) is 3.39. The SMILES string of the molecule is Cc1cccc(N)c1C(=O)NCc1nccs1. The molecule has 0 unspecified atom stereocenters. The molecule has 0 aliphatic carbocycles. The Bertz CT molecular complexity index is 502. The maximum absolute atomic E-state index is 12.0. The minimum Gasteiger partial charge on any atom is -0.398 e. The number of nitrogen functional groups attached to an aromatic ring is 1. The highest BCUT2D eigenvalue weighted by Gasteiger charge is 2.12. The molecule has 3 N–H and O–H groups in total. The fourth-order valence-corrected chi connectivity index (χ4v) is 2.14. The molecule has 17 heavy (non-hydrogen) atoms. The number of thiazole rings is 1. The van der Waals surface area contributed by atoms with Crippen LogP contribution in [0.15, 0.2) is 29.8 Å². The summed E-state index contributed by atoms with van der Waals surface area (Å²) in [6.07, 6.45) is 1.72. The van der Waals surface area contributed by atoms with Gasteiger partial charge in [-0.1, -0.05) is 12.1 Å². The molecule has 4 nitrogen and oxygen atoms in total. The predicted molar refractivity (Wildman–Crippen MR) is 68.9 cm³/mol. The Morgan fingerprint density at radius 3 is 3.00 bits per heavy atom. The van der Waals surface area contributed by atoms with E-state index in [2.05, 4.69) is 10.3 Å². The van der Waals surface area contributed by atoms with E-state index in [-0.39, 0.29) is 5.91 Å². The minimum absolute atomic E-state index is 0.157. The molecular formula is C12H13N3OS. The molecule has 0 atom stereocenters. The van der Waals surface area contributed by atoms with Gasteiger partial charge in [0.25, 0.3) is 5.91 Å². The number of rotatable bonds is 3. The molecule has 0 radical (unpaired) electrons. The van der Waals surface area contributed by atoms with Gasteiger partial charge >= 0.3 is 0 Å². The van der Waals surface area contributed by atoms with Crippen LogP contribution < -0.4 is 11.1 Å². The highest BCUT2D eigenvalue weighted by atomic mass is 32.1. The summed E-state index contributed by atoms with van der Waals surface area (Å²) >= 11 is 1.51. The van der Waals surface area contributed by atoms with Crippen molar-refractivity contribution in [3.05, 3.63) is 45.9 Å². The van der Waals surface area contributed by atoms with Crippen LogP contribution in [0.1, 0.15) is 20.9 Å². The van der Waals surface area contributed by atoms with Gasteiger partial charge < -0.3 is 11.1 Å². The lowest BCUT2D eigenvalue weighted by Gasteiger charge is -2.08. The molecule has 1 heterocycles. The van der Waals surface area contributed by atoms with Crippen LogP contribution in [0.25, 0.3) is 0 Å². The number of hydrogen-bond acceptors (Lipinski definition) is 4. The Hall–Kier alpha value is -1.88. The number of hydrogen-bond donors (Lipinski definition) is 2. The van der Waals surface area contributed by atoms with E-state index in [0.29, 0.717) is 17.8 Å². The topological polar surface area (TPSA) is 68.0 Å². The number of aromatic nitrogens is 1. The number of amides is 1. The number of nitrogens with one attached hydrogen (secondary N) is 1. The summed E-state index contributed by atoms with van der Waals surface area (Å²) < 4.78 is 0. The van der Waals surface area contributed by atoms with Gasteiger partial charge in [-0.3, -0.25) is 4.79 Å². The fourth-order valence-electron chi connectivity index (χ4n) is 1.59. The van der Waals surface area contributed by atoms with Gasteiger partial charge in [0.05, 0.1) is 12.1 Å². The lowest BCUT2D eigenvalue weighted by Crippen LogP contribution is -2.24. The van der Waals surface area contributed by atoms with Crippen molar-refractivity contribution in [2.45, 2.75) is 13.5 Å². The fraction of sp³-hybridized carbons (Fsp3) is 0.167. The average molecular weight is 247 g/mol. The zero-order chi connectivity index (χ0) is 12.3. The molecule has 0 saturated heterocycles. The summed E-state index contributed by atoms with van der Waals surface area (Å²) in [5.41, 5.74) is 7.72. The normalized spacial score (nSPS) is 10.2. The van der Waals surface area contributed by atoms with E-state index in [4.69, 9.17) is 5.73 Å². The van der Waals surface area contributed by atoms with E-state index in [1.807, 2.05) is 24.4 Å². The number of nitrogens with two attached hydrogens (primary N) is 1. The molecule has 1 amide bonds. The number of aryl methyl sites for hydroxylation is 1. The third-order valence-corrected chi connectivity index (χ3v) is 3.20. The van der Waals surface area contributed by atoms with Gasteiger partial charge in [-0.15, -0.1) is 11.3 Å². The molecular weight excluding hydrogens is 234 g/mol. The molecule has 88 valence electrons. The van der Waals surface area contributed by atoms with Crippen molar-refractivity contribution < 1.29 is 4.79 Å². The predicted octanol–water partition coefficient (Wildman–Crippen LogP) is 1.96. The molecule has 5 heteroatoms. The third kappa shape index (κ3) is 2.62. The molecule has 0 aliphatic heterocycles. The first-order valence-electron chi connectivity index (χ1n) is 5.20. The summed E-state index contributed by atoms with van der Waals surface area (Å²) in [4.78, 5) is 16.1. The summed E-state index contributed by atoms with van der Waals surface area (Å²) in [7, 11) is 0. The van der Waals surface area contributed by atoms with Crippen LogP contribution in [0, 0.1) is 6.92 Å². The van der Waals surface area contributed by atoms with Gasteiger partial charge in [-0.05, 0) is 18.6 Å². The van der Waals surface area contributed by atoms with Crippen molar-refractivity contribution in [1.82, 2.24) is 10.3 Å². The van der Waals surface area contributed by atoms with Crippen molar-refractivity contribution in [3.63, 3.8) is 0 Å². The highest BCUT2D eigenvalue weighted by Crippen LogP contribution is 2.16. The summed E-state index contributed by atoms with van der Waals surface area (Å²) in [5.74, 6) is -0.157. The van der Waals surface area contributed by atoms with E-state index in [1.165, 1.54) is 11.3 Å². The van der Waals surface area contributed by atoms with Crippen molar-refractivity contribution in [2.75, 3.05) is 5.73 Å². The molecule has 0 fully saturated rings. The van der Waals surface area contributed by atoms with Crippen LogP contribution in [-0.2, 0) is 6.54 Å². The molecule has 0 aliphatic rings. The molecule has 0 bridgehead atoms. The second kappa shape index (κ2) is 4.97. The highest BCUT2D eigenvalue weighted by molar-refractivity contribution is 7.09. The number of anilines is 1. The second-order valence-corrected chi connectivity index (χ2v) is 4.63. The van der Waals surface area contributed by atoms with Crippen LogP contribution in [0.4, 0.5) is 5.69 Å². The van der Waals surface area contributed by atoms with E-state index in [9.17, 15) is 4.79 Å². The van der Waals surface area contributed by atoms with Gasteiger partial charge in [0.15, 0.2) is 0 Å². The smallest absolute Gasteiger partial charge is 0.253 e. The lowest BCUT2D eigenvalue weighted by molar-refractivity contribution is 0.0951. The molecule has 1 aromatic heterocycles. The maximum atomic E-state index is 12.0. The number of carbonyl (C=O) groups excluding carboxylic acids is 1. The first kappa shape index (κ1) is 11.6. The van der Waals surface area contributed by atoms with Crippen LogP contribution in [0.5, 0.6) is 0 Å². The number of carbonyl (C=O) groups is 1. The Balaban J connectivity index is 2.10. The molecule has 0 spiro atoms. The summed E-state index contributed by atoms with van der Waals surface area (Å²) in [6.45, 7) is 2.30. The standard InChI is InChI=1S/C12H13N3OS/c1-8-3-2-4-9(13)11(8)12(16)15-7-10-14-5-6-17-10/h2-6H,7,13H2,1H3,(H,15,16). The van der Waals surface area contributed by atoms with E-state index >= 15 is 0 Å². The van der Waals surface area contributed by atoms with Crippen molar-refractivity contribution >= 4 is 22.9 Å². The summed E-state index contributed by atoms with van der Waals surface area (Å²) in [5, 5.41) is 5.57. The molecule has 0 saturated carbocycles. The van der Waals surface area contributed by atoms with Crippen molar-refractivity contribution in [2.24, 2.45) is 0 Å². The van der Waals surface area contributed by atoms with Crippen molar-refractivity contribution in [1.29, 1.82) is 0 Å². The van der Waals surface area contributed by atoms with Crippen LogP contribution in [-0.4, -0.2) is 10.9 Å². The van der Waals surface area contributed by atoms with Gasteiger partial charge in [0.1, 0.15) is 5.01 Å². The van der Waals surface area contributed by atoms with E-state index in [1.54, 1.807) is 12.3 Å². The number of nitrogens with zero attached hydrogens (tertiary/aromatic N) is 1. The van der Waals surface area contributed by atoms with E-state index in [0.717, 1.165) is 10.6 Å². The Labute approximate surface area is 103 Å². The first-order chi connectivity index (χ1) is 8.18. The second-order valence-electron chi connectivity index (χ2n) is 3.65. The van der Waals surface area contributed by atoms with E-state index < -0.39 is 0 Å². The lowest BCUT2D eigenvalue weighted by atomic mass is 10.1. The van der Waals surface area contributed by atoms with Crippen LogP contribution in [0.3, 0.4) is 0 Å². The zero-order valence-corrected chi connectivity index (χ0v) is 10.3. The maximum Gasteiger partial charge on any atom is 0.253 e. The third-order valence-electron chi connectivity index (χ3n) is 2.42. The van der Waals surface area contributed by atoms with Gasteiger partial charge in [0.2, 0.25) is 0 Å². The number of benzene rings is 1. The van der Waals surface area contributed by atoms with Gasteiger partial charge in [-0.25, -0.2) is 4.98 Å². The molecule has 2 rings (SSSR count). The quantitative estimate of drug-likeness (QED) is 0.815. The zero-order valence-electron chi connectivity index (χ0n) is 9.43. The Morgan fingerprint density at radius 2 is 2.35 bits per heavy atom. The van der Waals surface area contributed by atoms with Crippen LogP contribution in [0.2, 0.25) is 0 Å². The largest absolute Gasteiger partial charge is 0.398 e. The molecule has 2 aromatic rings. The van der Waals surface area contributed by atoms with Gasteiger partial charge in [-0.2, -0.15) is 0 Å². The van der Waals surface area contributed by atoms with Crippen molar-refractivity contribution in [3.8, 4) is 0 Å². The van der Waals surface area contributed by atoms with Gasteiger partial charge in [0, 0.05) is 17.3 Å². The Morgan fingerprint density at radius 1 is 1.53 bits per heavy atom. The van der Waals surface area contributed by atoms with Crippen LogP contribution >= 0.6 is 11.3 Å². The summed E-state index contributed by atoms with van der Waals surface area (Å²) in [6, 6.07) is 5.43. The average Bonchev–Trinajstić information content (AvgIpc) is 2.79. The first-order valence-corrected chi connectivity index (χ1v) is 6.08. The monoisotopic (exact) mass is 247 g/mol. The molecule has 1 aromatic carbocycles. The minimum atomic E-state index is -0.157.